The molecule has 1 amide bonds. The van der Waals surface area contributed by atoms with E-state index in [2.05, 4.69) is 18.5 Å². The Bertz CT molecular complexity index is 1580. The van der Waals surface area contributed by atoms with Gasteiger partial charge in [0, 0.05) is 5.56 Å². The van der Waals surface area contributed by atoms with E-state index in [1.54, 1.807) is 49.4 Å². The van der Waals surface area contributed by atoms with Crippen molar-refractivity contribution in [2.24, 2.45) is 0 Å². The minimum atomic E-state index is -1.10. The van der Waals surface area contributed by atoms with Crippen LogP contribution in [0.2, 0.25) is 0 Å². The maximum Gasteiger partial charge on any atom is 0.350 e. The minimum Gasteiger partial charge on any atom is -0.507 e. The van der Waals surface area contributed by atoms with Gasteiger partial charge in [-0.1, -0.05) is 62.5 Å². The van der Waals surface area contributed by atoms with Gasteiger partial charge in [0.15, 0.2) is 16.6 Å². The van der Waals surface area contributed by atoms with Gasteiger partial charge in [0.2, 0.25) is 0 Å². The van der Waals surface area contributed by atoms with E-state index in [0.29, 0.717) is 47.3 Å². The molecule has 232 valence electrons. The van der Waals surface area contributed by atoms with Crippen LogP contribution < -0.4 is 19.1 Å². The van der Waals surface area contributed by atoms with E-state index in [1.807, 2.05) is 6.92 Å². The minimum absolute atomic E-state index is 0.00350. The molecule has 0 saturated carbocycles. The summed E-state index contributed by atoms with van der Waals surface area (Å²) < 4.78 is 22.4. The van der Waals surface area contributed by atoms with Gasteiger partial charge in [-0.25, -0.2) is 9.78 Å². The highest BCUT2D eigenvalue weighted by Crippen LogP contribution is 2.45. The number of ketones is 1. The molecule has 44 heavy (non-hydrogen) atoms. The molecule has 0 radical (unpaired) electrons. The van der Waals surface area contributed by atoms with Gasteiger partial charge in [0.25, 0.3) is 5.78 Å². The van der Waals surface area contributed by atoms with Crippen LogP contribution in [0.4, 0.5) is 5.13 Å². The van der Waals surface area contributed by atoms with Crippen LogP contribution in [0.15, 0.2) is 60.7 Å². The van der Waals surface area contributed by atoms with Crippen molar-refractivity contribution < 1.29 is 38.4 Å². The second-order valence-corrected chi connectivity index (χ2v) is 10.9. The van der Waals surface area contributed by atoms with Crippen LogP contribution in [-0.4, -0.2) is 54.7 Å². The number of rotatable bonds is 14. The first-order valence-corrected chi connectivity index (χ1v) is 15.2. The zero-order valence-electron chi connectivity index (χ0n) is 25.3. The number of aliphatic hydroxyl groups is 1. The quantitative estimate of drug-likeness (QED) is 0.0545. The Kier molecular flexibility index (Phi) is 10.8. The van der Waals surface area contributed by atoms with Gasteiger partial charge in [0.05, 0.1) is 37.6 Å². The molecule has 2 aromatic carbocycles. The Labute approximate surface area is 260 Å². The number of hydrogen-bond donors (Lipinski definition) is 1. The smallest absolute Gasteiger partial charge is 0.350 e. The highest BCUT2D eigenvalue weighted by molar-refractivity contribution is 7.17. The number of Topliss-reactive ketones (excluding diaryl/α,β-unsaturated/α-hetero) is 1. The Hall–Kier alpha value is -4.64. The lowest BCUT2D eigenvalue weighted by Crippen LogP contribution is -2.29. The van der Waals surface area contributed by atoms with Crippen molar-refractivity contribution in [1.29, 1.82) is 0 Å². The fraction of sp³-hybridized carbons (Fsp3) is 0.333. The number of anilines is 1. The number of esters is 1. The summed E-state index contributed by atoms with van der Waals surface area (Å²) in [7, 11) is 1.50. The lowest BCUT2D eigenvalue weighted by molar-refractivity contribution is -0.132. The van der Waals surface area contributed by atoms with E-state index in [4.69, 9.17) is 18.9 Å². The summed E-state index contributed by atoms with van der Waals surface area (Å²) in [6, 6.07) is 10.7. The molecule has 1 fully saturated rings. The number of aromatic nitrogens is 1. The number of aliphatic hydroxyl groups excluding tert-OH is 1. The van der Waals surface area contributed by atoms with E-state index in [0.717, 1.165) is 30.6 Å². The van der Waals surface area contributed by atoms with Crippen molar-refractivity contribution in [3.05, 3.63) is 82.4 Å². The number of thiazole rings is 1. The Morgan fingerprint density at radius 3 is 2.59 bits per heavy atom. The molecule has 3 aromatic rings. The molecule has 1 unspecified atom stereocenters. The fourth-order valence-electron chi connectivity index (χ4n) is 4.63. The number of aryl methyl sites for hydroxylation is 1. The third kappa shape index (κ3) is 6.78. The van der Waals surface area contributed by atoms with E-state index in [-0.39, 0.29) is 27.9 Å². The monoisotopic (exact) mass is 620 g/mol. The van der Waals surface area contributed by atoms with Gasteiger partial charge in [0.1, 0.15) is 23.0 Å². The Morgan fingerprint density at radius 1 is 1.09 bits per heavy atom. The summed E-state index contributed by atoms with van der Waals surface area (Å²) in [5.41, 5.74) is 0.954. The highest BCUT2D eigenvalue weighted by atomic mass is 32.1. The van der Waals surface area contributed by atoms with E-state index < -0.39 is 23.7 Å². The first-order valence-electron chi connectivity index (χ1n) is 14.4. The number of nitrogens with zero attached hydrogens (tertiary/aromatic N) is 2. The topological polar surface area (TPSA) is 124 Å². The summed E-state index contributed by atoms with van der Waals surface area (Å²) in [4.78, 5) is 45.9. The molecule has 1 aromatic heterocycles. The molecular formula is C33H36N2O8S. The van der Waals surface area contributed by atoms with Crippen LogP contribution >= 0.6 is 11.3 Å². The average molecular weight is 621 g/mol. The first-order chi connectivity index (χ1) is 21.2. The summed E-state index contributed by atoms with van der Waals surface area (Å²) in [5, 5.41) is 11.7. The molecule has 2 heterocycles. The lowest BCUT2D eigenvalue weighted by atomic mass is 9.95. The number of carbonyl (C=O) groups excluding carboxylic acids is 3. The number of unbranched alkanes of at least 4 members (excludes halogenated alkanes) is 1. The third-order valence-corrected chi connectivity index (χ3v) is 7.93. The third-order valence-electron chi connectivity index (χ3n) is 6.79. The van der Waals surface area contributed by atoms with Gasteiger partial charge in [-0.05, 0) is 49.6 Å². The molecule has 1 aliphatic heterocycles. The van der Waals surface area contributed by atoms with Gasteiger partial charge in [-0.15, -0.1) is 0 Å². The predicted octanol–water partition coefficient (Wildman–Crippen LogP) is 6.40. The number of amides is 1. The summed E-state index contributed by atoms with van der Waals surface area (Å²) in [5.74, 6) is -1.41. The fourth-order valence-corrected chi connectivity index (χ4v) is 5.62. The molecule has 1 N–H and O–H groups in total. The molecule has 1 saturated heterocycles. The molecule has 4 rings (SSSR count). The number of hydrogen-bond acceptors (Lipinski definition) is 10. The number of carbonyl (C=O) groups is 3. The number of benzene rings is 2. The van der Waals surface area contributed by atoms with Crippen molar-refractivity contribution >= 4 is 39.9 Å². The molecular weight excluding hydrogens is 584 g/mol. The molecule has 1 aliphatic rings. The first kappa shape index (κ1) is 32.3. The van der Waals surface area contributed by atoms with Crippen LogP contribution in [0.1, 0.15) is 65.6 Å². The maximum absolute atomic E-state index is 13.7. The summed E-state index contributed by atoms with van der Waals surface area (Å²) in [6.07, 6.45) is 4.04. The zero-order valence-corrected chi connectivity index (χ0v) is 26.1. The van der Waals surface area contributed by atoms with Gasteiger partial charge in [-0.2, -0.15) is 0 Å². The predicted molar refractivity (Wildman–Crippen MR) is 168 cm³/mol. The molecule has 0 spiro atoms. The molecule has 11 heteroatoms. The standard InChI is InChI=1S/C33H36N2O8S/c1-6-9-17-42-24-14-13-21(19-25(24)40-5)27-26(28(36)22-11-10-12-23(18-22)41-15-7-2)29(37)31(38)35(27)33-34-20(4)30(44-33)32(39)43-16-8-3/h8,10-14,18-19,27,36H,3,6-7,9,15-17H2,1-2,4-5H3/b28-26+. The number of ether oxygens (including phenoxy) is 4. The van der Waals surface area contributed by atoms with Crippen LogP contribution in [0.25, 0.3) is 5.76 Å². The normalized spacial score (nSPS) is 15.7. The second kappa shape index (κ2) is 14.7. The second-order valence-electron chi connectivity index (χ2n) is 9.96. The van der Waals surface area contributed by atoms with Gasteiger partial charge in [-0.3, -0.25) is 14.5 Å². The number of methoxy groups -OCH3 is 1. The van der Waals surface area contributed by atoms with E-state index in [1.165, 1.54) is 18.1 Å². The summed E-state index contributed by atoms with van der Waals surface area (Å²) >= 11 is 0.920. The average Bonchev–Trinajstić information content (AvgIpc) is 3.54. The van der Waals surface area contributed by atoms with Crippen molar-refractivity contribution in [3.63, 3.8) is 0 Å². The van der Waals surface area contributed by atoms with Crippen LogP contribution in [0.5, 0.6) is 17.2 Å². The SMILES string of the molecule is C=CCOC(=O)c1sc(N2C(=O)C(=O)/C(=C(/O)c3cccc(OCCC)c3)C2c2ccc(OCCCC)c(OC)c2)nc1C. The molecule has 1 atom stereocenters. The molecule has 0 aliphatic carbocycles. The van der Waals surface area contributed by atoms with Crippen molar-refractivity contribution in [3.8, 4) is 17.2 Å². The molecule has 0 bridgehead atoms. The van der Waals surface area contributed by atoms with Crippen molar-refractivity contribution in [2.75, 3.05) is 31.8 Å². The molecule has 10 nitrogen and oxygen atoms in total. The largest absolute Gasteiger partial charge is 0.507 e. The maximum atomic E-state index is 13.7. The van der Waals surface area contributed by atoms with E-state index in [9.17, 15) is 19.5 Å². The Balaban J connectivity index is 1.88. The van der Waals surface area contributed by atoms with Gasteiger partial charge >= 0.3 is 11.9 Å². The van der Waals surface area contributed by atoms with Crippen molar-refractivity contribution in [1.82, 2.24) is 4.98 Å². The summed E-state index contributed by atoms with van der Waals surface area (Å²) in [6.45, 7) is 10.2. The highest BCUT2D eigenvalue weighted by Gasteiger charge is 2.48. The van der Waals surface area contributed by atoms with Crippen molar-refractivity contribution in [2.45, 2.75) is 46.1 Å². The van der Waals surface area contributed by atoms with Crippen LogP contribution in [-0.2, 0) is 14.3 Å². The lowest BCUT2D eigenvalue weighted by Gasteiger charge is -2.24. The van der Waals surface area contributed by atoms with Crippen LogP contribution in [0.3, 0.4) is 0 Å². The Morgan fingerprint density at radius 2 is 1.89 bits per heavy atom. The zero-order chi connectivity index (χ0) is 31.8. The van der Waals surface area contributed by atoms with Gasteiger partial charge < -0.3 is 24.1 Å². The van der Waals surface area contributed by atoms with E-state index >= 15 is 0 Å². The van der Waals surface area contributed by atoms with Crippen LogP contribution in [0, 0.1) is 6.92 Å².